The van der Waals surface area contributed by atoms with Gasteiger partial charge in [-0.3, -0.25) is 4.79 Å². The molecule has 0 spiro atoms. The number of carbonyl (C=O) groups is 1. The molecular formula is C13H18N2O2S. The van der Waals surface area contributed by atoms with Crippen molar-refractivity contribution >= 4 is 22.3 Å². The molecule has 1 aromatic heterocycles. The van der Waals surface area contributed by atoms with Gasteiger partial charge in [0.25, 0.3) is 0 Å². The van der Waals surface area contributed by atoms with Gasteiger partial charge in [0.2, 0.25) is 0 Å². The van der Waals surface area contributed by atoms with Crippen LogP contribution in [0, 0.1) is 0 Å². The minimum absolute atomic E-state index is 0.227. The minimum Gasteiger partial charge on any atom is -0.372 e. The summed E-state index contributed by atoms with van der Waals surface area (Å²) in [7, 11) is 0. The maximum Gasteiger partial charge on any atom is 0.186 e. The molecule has 4 nitrogen and oxygen atoms in total. The molecule has 0 amide bonds. The maximum absolute atomic E-state index is 11.8. The maximum atomic E-state index is 11.8. The van der Waals surface area contributed by atoms with Crippen molar-refractivity contribution in [2.75, 3.05) is 18.0 Å². The Morgan fingerprint density at radius 1 is 1.28 bits per heavy atom. The van der Waals surface area contributed by atoms with Gasteiger partial charge in [0.15, 0.2) is 10.9 Å². The van der Waals surface area contributed by atoms with Crippen LogP contribution in [-0.4, -0.2) is 36.1 Å². The normalized spacial score (nSPS) is 28.3. The second-order valence-electron chi connectivity index (χ2n) is 5.21. The lowest BCUT2D eigenvalue weighted by Gasteiger charge is -2.35. The van der Waals surface area contributed by atoms with Gasteiger partial charge in [0.1, 0.15) is 0 Å². The summed E-state index contributed by atoms with van der Waals surface area (Å²) < 4.78 is 5.73. The van der Waals surface area contributed by atoms with Crippen LogP contribution in [0.5, 0.6) is 0 Å². The number of aromatic nitrogens is 1. The third-order valence-corrected chi connectivity index (χ3v) is 4.65. The van der Waals surface area contributed by atoms with Crippen molar-refractivity contribution in [3.05, 3.63) is 10.6 Å². The number of hydrogen-bond acceptors (Lipinski definition) is 5. The predicted octanol–water partition coefficient (Wildman–Crippen LogP) is 2.28. The van der Waals surface area contributed by atoms with Crippen LogP contribution in [0.15, 0.2) is 0 Å². The van der Waals surface area contributed by atoms with Crippen molar-refractivity contribution in [1.29, 1.82) is 0 Å². The zero-order valence-corrected chi connectivity index (χ0v) is 11.6. The molecule has 2 atom stereocenters. The summed E-state index contributed by atoms with van der Waals surface area (Å²) in [6, 6.07) is 0. The van der Waals surface area contributed by atoms with Crippen LogP contribution in [0.2, 0.25) is 0 Å². The molecule has 1 saturated heterocycles. The van der Waals surface area contributed by atoms with Crippen LogP contribution in [-0.2, 0) is 11.2 Å². The Balaban J connectivity index is 1.86. The van der Waals surface area contributed by atoms with Crippen LogP contribution in [0.25, 0.3) is 0 Å². The van der Waals surface area contributed by atoms with Gasteiger partial charge in [-0.25, -0.2) is 4.98 Å². The number of anilines is 1. The Morgan fingerprint density at radius 2 is 2.00 bits per heavy atom. The van der Waals surface area contributed by atoms with Gasteiger partial charge < -0.3 is 9.64 Å². The molecule has 0 N–H and O–H groups in total. The largest absolute Gasteiger partial charge is 0.372 e. The van der Waals surface area contributed by atoms with E-state index in [9.17, 15) is 4.79 Å². The number of carbonyl (C=O) groups excluding carboxylic acids is 1. The summed E-state index contributed by atoms with van der Waals surface area (Å²) in [6.07, 6.45) is 3.04. The first-order valence-corrected chi connectivity index (χ1v) is 7.38. The summed E-state index contributed by atoms with van der Waals surface area (Å²) in [6.45, 7) is 5.90. The minimum atomic E-state index is 0.227. The molecule has 1 aliphatic heterocycles. The Kier molecular flexibility index (Phi) is 3.11. The molecule has 98 valence electrons. The fraction of sp³-hybridized carbons (Fsp3) is 0.692. The third-order valence-electron chi connectivity index (χ3n) is 3.45. The Hall–Kier alpha value is -0.940. The molecule has 1 aliphatic carbocycles. The number of aryl methyl sites for hydroxylation is 1. The molecule has 3 rings (SSSR count). The summed E-state index contributed by atoms with van der Waals surface area (Å²) in [4.78, 5) is 19.7. The lowest BCUT2D eigenvalue weighted by atomic mass is 10.0. The Morgan fingerprint density at radius 3 is 2.67 bits per heavy atom. The quantitative estimate of drug-likeness (QED) is 0.782. The van der Waals surface area contributed by atoms with E-state index in [2.05, 4.69) is 23.7 Å². The average Bonchev–Trinajstić information content (AvgIpc) is 2.73. The van der Waals surface area contributed by atoms with Crippen molar-refractivity contribution in [2.24, 2.45) is 0 Å². The van der Waals surface area contributed by atoms with Gasteiger partial charge in [-0.2, -0.15) is 0 Å². The molecule has 2 heterocycles. The second kappa shape index (κ2) is 4.63. The molecule has 1 aromatic rings. The fourth-order valence-corrected chi connectivity index (χ4v) is 3.82. The predicted molar refractivity (Wildman–Crippen MR) is 71.6 cm³/mol. The number of fused-ring (bicyclic) bond motifs is 1. The molecule has 18 heavy (non-hydrogen) atoms. The van der Waals surface area contributed by atoms with E-state index in [0.717, 1.165) is 41.6 Å². The van der Waals surface area contributed by atoms with Crippen LogP contribution >= 0.6 is 11.3 Å². The monoisotopic (exact) mass is 266 g/mol. The summed E-state index contributed by atoms with van der Waals surface area (Å²) in [5.41, 5.74) is 1.01. The lowest BCUT2D eigenvalue weighted by Crippen LogP contribution is -2.45. The van der Waals surface area contributed by atoms with Crippen molar-refractivity contribution < 1.29 is 9.53 Å². The van der Waals surface area contributed by atoms with E-state index in [4.69, 9.17) is 4.74 Å². The summed E-state index contributed by atoms with van der Waals surface area (Å²) in [5.74, 6) is 0.273. The van der Waals surface area contributed by atoms with Crippen molar-refractivity contribution in [3.63, 3.8) is 0 Å². The van der Waals surface area contributed by atoms with E-state index in [1.807, 2.05) is 0 Å². The molecule has 0 bridgehead atoms. The lowest BCUT2D eigenvalue weighted by molar-refractivity contribution is -0.00523. The summed E-state index contributed by atoms with van der Waals surface area (Å²) in [5, 5.41) is 0.997. The van der Waals surface area contributed by atoms with Gasteiger partial charge in [-0.1, -0.05) is 11.3 Å². The number of ketones is 1. The van der Waals surface area contributed by atoms with Crippen LogP contribution in [0.1, 0.15) is 42.1 Å². The number of Topliss-reactive ketones (excluding diaryl/α,β-unsaturated/α-hetero) is 1. The smallest absolute Gasteiger partial charge is 0.186 e. The van der Waals surface area contributed by atoms with E-state index in [0.29, 0.717) is 6.42 Å². The van der Waals surface area contributed by atoms with Crippen LogP contribution in [0.4, 0.5) is 5.13 Å². The number of nitrogens with zero attached hydrogens (tertiary/aromatic N) is 2. The van der Waals surface area contributed by atoms with Crippen molar-refractivity contribution in [2.45, 2.75) is 45.3 Å². The highest BCUT2D eigenvalue weighted by Crippen LogP contribution is 2.32. The topological polar surface area (TPSA) is 42.4 Å². The second-order valence-corrected chi connectivity index (χ2v) is 6.19. The average molecular weight is 266 g/mol. The van der Waals surface area contributed by atoms with E-state index in [-0.39, 0.29) is 18.0 Å². The zero-order chi connectivity index (χ0) is 12.7. The standard InChI is InChI=1S/C13H18N2O2S/c1-8-6-15(7-9(2)17-8)13-14-10-4-3-5-11(16)12(10)18-13/h8-9H,3-7H2,1-2H3. The molecule has 1 fully saturated rings. The first kappa shape index (κ1) is 12.1. The Labute approximate surface area is 111 Å². The Bertz CT molecular complexity index is 462. The first-order valence-electron chi connectivity index (χ1n) is 6.57. The SMILES string of the molecule is CC1CN(c2nc3c(s2)C(=O)CCC3)CC(C)O1. The number of morpholine rings is 1. The van der Waals surface area contributed by atoms with E-state index >= 15 is 0 Å². The highest BCUT2D eigenvalue weighted by Gasteiger charge is 2.28. The van der Waals surface area contributed by atoms with Crippen LogP contribution in [0.3, 0.4) is 0 Å². The molecular weight excluding hydrogens is 248 g/mol. The van der Waals surface area contributed by atoms with Gasteiger partial charge in [0.05, 0.1) is 22.8 Å². The number of ether oxygens (including phenoxy) is 1. The third kappa shape index (κ3) is 2.17. The molecule has 0 aromatic carbocycles. The van der Waals surface area contributed by atoms with Gasteiger partial charge in [-0.15, -0.1) is 0 Å². The fourth-order valence-electron chi connectivity index (χ4n) is 2.73. The van der Waals surface area contributed by atoms with Crippen LogP contribution < -0.4 is 4.90 Å². The van der Waals surface area contributed by atoms with Crippen molar-refractivity contribution in [1.82, 2.24) is 4.98 Å². The molecule has 2 unspecified atom stereocenters. The molecule has 0 saturated carbocycles. The van der Waals surface area contributed by atoms with Gasteiger partial charge in [-0.05, 0) is 26.7 Å². The van der Waals surface area contributed by atoms with E-state index < -0.39 is 0 Å². The summed E-state index contributed by atoms with van der Waals surface area (Å²) >= 11 is 1.56. The number of hydrogen-bond donors (Lipinski definition) is 0. The highest BCUT2D eigenvalue weighted by atomic mass is 32.1. The van der Waals surface area contributed by atoms with Gasteiger partial charge in [0, 0.05) is 19.5 Å². The number of rotatable bonds is 1. The first-order chi connectivity index (χ1) is 8.63. The zero-order valence-electron chi connectivity index (χ0n) is 10.8. The van der Waals surface area contributed by atoms with Gasteiger partial charge >= 0.3 is 0 Å². The van der Waals surface area contributed by atoms with E-state index in [1.54, 1.807) is 11.3 Å². The number of thiazole rings is 1. The van der Waals surface area contributed by atoms with E-state index in [1.165, 1.54) is 0 Å². The highest BCUT2D eigenvalue weighted by molar-refractivity contribution is 7.17. The molecule has 0 radical (unpaired) electrons. The molecule has 2 aliphatic rings. The molecule has 5 heteroatoms. The van der Waals surface area contributed by atoms with Crippen molar-refractivity contribution in [3.8, 4) is 0 Å².